The molecule has 0 unspecified atom stereocenters. The summed E-state index contributed by atoms with van der Waals surface area (Å²) in [6, 6.07) is 25.8. The largest absolute Gasteiger partial charge is 0.340 e. The van der Waals surface area contributed by atoms with Crippen LogP contribution in [-0.2, 0) is 0 Å². The topological polar surface area (TPSA) is 78.9 Å². The van der Waals surface area contributed by atoms with Crippen molar-refractivity contribution in [2.75, 3.05) is 16.0 Å². The van der Waals surface area contributed by atoms with Gasteiger partial charge in [-0.2, -0.15) is 0 Å². The Morgan fingerprint density at radius 2 is 1.47 bits per heavy atom. The quantitative estimate of drug-likeness (QED) is 0.363. The molecular formula is C23H18ClN5O. The van der Waals surface area contributed by atoms with Crippen LogP contribution in [0, 0.1) is 0 Å². The molecule has 3 aromatic carbocycles. The predicted molar refractivity (Wildman–Crippen MR) is 121 cm³/mol. The van der Waals surface area contributed by atoms with Gasteiger partial charge in [-0.25, -0.2) is 14.8 Å². The van der Waals surface area contributed by atoms with Gasteiger partial charge >= 0.3 is 6.03 Å². The molecule has 0 saturated carbocycles. The zero-order chi connectivity index (χ0) is 20.8. The molecule has 4 rings (SSSR count). The Kier molecular flexibility index (Phi) is 5.87. The lowest BCUT2D eigenvalue weighted by molar-refractivity contribution is 0.262. The molecule has 0 aliphatic heterocycles. The fraction of sp³-hybridized carbons (Fsp3) is 0. The van der Waals surface area contributed by atoms with Crippen LogP contribution in [0.5, 0.6) is 0 Å². The molecule has 0 spiro atoms. The molecule has 0 aliphatic rings. The smallest absolute Gasteiger partial charge is 0.323 e. The molecule has 0 atom stereocenters. The van der Waals surface area contributed by atoms with Crippen molar-refractivity contribution in [1.29, 1.82) is 0 Å². The lowest BCUT2D eigenvalue weighted by atomic mass is 10.1. The monoisotopic (exact) mass is 415 g/mol. The Bertz CT molecular complexity index is 1150. The Balaban J connectivity index is 1.39. The highest BCUT2D eigenvalue weighted by molar-refractivity contribution is 6.30. The number of urea groups is 1. The van der Waals surface area contributed by atoms with Gasteiger partial charge in [-0.3, -0.25) is 0 Å². The number of anilines is 4. The van der Waals surface area contributed by atoms with Crippen molar-refractivity contribution >= 4 is 40.5 Å². The minimum atomic E-state index is -0.346. The average Bonchev–Trinajstić information content (AvgIpc) is 2.76. The van der Waals surface area contributed by atoms with Gasteiger partial charge in [0.2, 0.25) is 0 Å². The molecule has 2 amide bonds. The maximum absolute atomic E-state index is 12.1. The first-order chi connectivity index (χ1) is 14.7. The van der Waals surface area contributed by atoms with Gasteiger partial charge < -0.3 is 16.0 Å². The van der Waals surface area contributed by atoms with Crippen molar-refractivity contribution in [3.63, 3.8) is 0 Å². The first-order valence-electron chi connectivity index (χ1n) is 9.24. The first kappa shape index (κ1) is 19.4. The van der Waals surface area contributed by atoms with E-state index in [9.17, 15) is 4.79 Å². The van der Waals surface area contributed by atoms with Crippen molar-refractivity contribution in [2.45, 2.75) is 0 Å². The Morgan fingerprint density at radius 1 is 0.733 bits per heavy atom. The van der Waals surface area contributed by atoms with Crippen LogP contribution in [0.3, 0.4) is 0 Å². The summed E-state index contributed by atoms with van der Waals surface area (Å²) in [5.41, 5.74) is 3.98. The fourth-order valence-corrected chi connectivity index (χ4v) is 3.03. The number of rotatable bonds is 5. The van der Waals surface area contributed by atoms with Crippen LogP contribution in [0.15, 0.2) is 91.3 Å². The van der Waals surface area contributed by atoms with E-state index in [0.29, 0.717) is 22.2 Å². The van der Waals surface area contributed by atoms with Gasteiger partial charge in [0.1, 0.15) is 12.1 Å². The molecule has 1 heterocycles. The maximum atomic E-state index is 12.1. The zero-order valence-electron chi connectivity index (χ0n) is 15.8. The summed E-state index contributed by atoms with van der Waals surface area (Å²) < 4.78 is 0. The Labute approximate surface area is 179 Å². The van der Waals surface area contributed by atoms with E-state index in [4.69, 9.17) is 11.6 Å². The van der Waals surface area contributed by atoms with Crippen LogP contribution in [0.2, 0.25) is 5.02 Å². The number of halogens is 1. The van der Waals surface area contributed by atoms with E-state index in [1.54, 1.807) is 36.4 Å². The van der Waals surface area contributed by atoms with Gasteiger partial charge in [0.25, 0.3) is 0 Å². The van der Waals surface area contributed by atoms with E-state index >= 15 is 0 Å². The lowest BCUT2D eigenvalue weighted by Gasteiger charge is -2.10. The van der Waals surface area contributed by atoms with Gasteiger partial charge in [-0.15, -0.1) is 0 Å². The third-order valence-corrected chi connectivity index (χ3v) is 4.47. The number of nitrogens with one attached hydrogen (secondary N) is 3. The van der Waals surface area contributed by atoms with E-state index in [2.05, 4.69) is 25.9 Å². The lowest BCUT2D eigenvalue weighted by Crippen LogP contribution is -2.19. The predicted octanol–water partition coefficient (Wildman–Crippen LogP) is 6.18. The minimum absolute atomic E-state index is 0.346. The van der Waals surface area contributed by atoms with Gasteiger partial charge in [0.15, 0.2) is 0 Å². The number of amides is 2. The van der Waals surface area contributed by atoms with Gasteiger partial charge in [-0.05, 0) is 42.5 Å². The number of carbonyl (C=O) groups is 1. The van der Waals surface area contributed by atoms with Gasteiger partial charge in [0, 0.05) is 33.7 Å². The second-order valence-electron chi connectivity index (χ2n) is 6.45. The van der Waals surface area contributed by atoms with Gasteiger partial charge in [-0.1, -0.05) is 48.0 Å². The van der Waals surface area contributed by atoms with Crippen molar-refractivity contribution in [3.05, 3.63) is 96.3 Å². The van der Waals surface area contributed by atoms with E-state index in [-0.39, 0.29) is 6.03 Å². The molecule has 6 nitrogen and oxygen atoms in total. The number of hydrogen-bond acceptors (Lipinski definition) is 4. The molecule has 0 fully saturated rings. The summed E-state index contributed by atoms with van der Waals surface area (Å²) in [6.45, 7) is 0. The summed E-state index contributed by atoms with van der Waals surface area (Å²) in [7, 11) is 0. The third-order valence-electron chi connectivity index (χ3n) is 4.23. The summed E-state index contributed by atoms with van der Waals surface area (Å²) in [4.78, 5) is 20.7. The fourth-order valence-electron chi connectivity index (χ4n) is 2.84. The van der Waals surface area contributed by atoms with Crippen LogP contribution < -0.4 is 16.0 Å². The second kappa shape index (κ2) is 9.07. The molecule has 0 bridgehead atoms. The van der Waals surface area contributed by atoms with E-state index in [0.717, 1.165) is 16.9 Å². The molecular weight excluding hydrogens is 398 g/mol. The zero-order valence-corrected chi connectivity index (χ0v) is 16.6. The molecule has 0 radical (unpaired) electrons. The molecule has 4 aromatic rings. The van der Waals surface area contributed by atoms with Crippen LogP contribution in [0.25, 0.3) is 11.3 Å². The SMILES string of the molecule is O=C(Nc1ccc(Nc2cc(-c3ccccc3)ncn2)cc1)Nc1cccc(Cl)c1. The Morgan fingerprint density at radius 3 is 2.23 bits per heavy atom. The van der Waals surface area contributed by atoms with Crippen LogP contribution in [0.4, 0.5) is 27.7 Å². The van der Waals surface area contributed by atoms with Crippen LogP contribution >= 0.6 is 11.6 Å². The van der Waals surface area contributed by atoms with Crippen LogP contribution in [0.1, 0.15) is 0 Å². The highest BCUT2D eigenvalue weighted by atomic mass is 35.5. The minimum Gasteiger partial charge on any atom is -0.340 e. The molecule has 148 valence electrons. The van der Waals surface area contributed by atoms with E-state index in [1.165, 1.54) is 6.33 Å². The normalized spacial score (nSPS) is 10.3. The third kappa shape index (κ3) is 5.12. The van der Waals surface area contributed by atoms with Crippen molar-refractivity contribution in [3.8, 4) is 11.3 Å². The number of aromatic nitrogens is 2. The molecule has 7 heteroatoms. The van der Waals surface area contributed by atoms with E-state index < -0.39 is 0 Å². The molecule has 0 aliphatic carbocycles. The highest BCUT2D eigenvalue weighted by Gasteiger charge is 2.05. The summed E-state index contributed by atoms with van der Waals surface area (Å²) in [6.07, 6.45) is 1.53. The molecule has 30 heavy (non-hydrogen) atoms. The summed E-state index contributed by atoms with van der Waals surface area (Å²) >= 11 is 5.93. The van der Waals surface area contributed by atoms with E-state index in [1.807, 2.05) is 48.5 Å². The van der Waals surface area contributed by atoms with Crippen molar-refractivity contribution in [2.24, 2.45) is 0 Å². The van der Waals surface area contributed by atoms with Crippen LogP contribution in [-0.4, -0.2) is 16.0 Å². The number of nitrogens with zero attached hydrogens (tertiary/aromatic N) is 2. The number of hydrogen-bond donors (Lipinski definition) is 3. The van der Waals surface area contributed by atoms with Crippen molar-refractivity contribution in [1.82, 2.24) is 9.97 Å². The molecule has 1 aromatic heterocycles. The highest BCUT2D eigenvalue weighted by Crippen LogP contribution is 2.22. The van der Waals surface area contributed by atoms with Gasteiger partial charge in [0.05, 0.1) is 5.69 Å². The average molecular weight is 416 g/mol. The molecule has 3 N–H and O–H groups in total. The van der Waals surface area contributed by atoms with Crippen molar-refractivity contribution < 1.29 is 4.79 Å². The summed E-state index contributed by atoms with van der Waals surface area (Å²) in [5.74, 6) is 0.684. The Hall–Kier alpha value is -3.90. The standard InChI is InChI=1S/C23H18ClN5O/c24-17-7-4-8-20(13-17)29-23(30)28-19-11-9-18(10-12-19)27-22-14-21(25-15-26-22)16-5-2-1-3-6-16/h1-15H,(H,25,26,27)(H2,28,29,30). The molecule has 0 saturated heterocycles. The number of carbonyl (C=O) groups excluding carboxylic acids is 1. The maximum Gasteiger partial charge on any atom is 0.323 e. The first-order valence-corrected chi connectivity index (χ1v) is 9.62. The summed E-state index contributed by atoms with van der Waals surface area (Å²) in [5, 5.41) is 9.33. The number of benzene rings is 3. The second-order valence-corrected chi connectivity index (χ2v) is 6.88.